The molecule has 0 spiro atoms. The average molecular weight is 362 g/mol. The van der Waals surface area contributed by atoms with E-state index in [4.69, 9.17) is 27.9 Å². The van der Waals surface area contributed by atoms with Crippen LogP contribution >= 0.6 is 35.0 Å². The van der Waals surface area contributed by atoms with Gasteiger partial charge in [-0.2, -0.15) is 0 Å². The fourth-order valence-corrected chi connectivity index (χ4v) is 3.30. The minimum atomic E-state index is 0.651. The summed E-state index contributed by atoms with van der Waals surface area (Å²) in [6.07, 6.45) is 1.80. The molecule has 3 rings (SSSR count). The summed E-state index contributed by atoms with van der Waals surface area (Å²) in [5.74, 6) is 1.50. The monoisotopic (exact) mass is 361 g/mol. The molecule has 0 bridgehead atoms. The Balaban J connectivity index is 1.87. The van der Waals surface area contributed by atoms with E-state index in [-0.39, 0.29) is 0 Å². The average Bonchev–Trinajstić information content (AvgIpc) is 2.55. The number of rotatable bonds is 4. The Hall–Kier alpha value is -1.68. The van der Waals surface area contributed by atoms with Gasteiger partial charge in [0, 0.05) is 21.0 Å². The van der Waals surface area contributed by atoms with Gasteiger partial charge in [0.2, 0.25) is 0 Å². The van der Waals surface area contributed by atoms with E-state index in [9.17, 15) is 0 Å². The molecule has 0 amide bonds. The molecule has 0 atom stereocenters. The summed E-state index contributed by atoms with van der Waals surface area (Å²) < 4.78 is 5.91. The summed E-state index contributed by atoms with van der Waals surface area (Å²) in [6.45, 7) is 1.92. The van der Waals surface area contributed by atoms with Gasteiger partial charge in [-0.15, -0.1) is 0 Å². The van der Waals surface area contributed by atoms with Gasteiger partial charge in [0.15, 0.2) is 0 Å². The summed E-state index contributed by atoms with van der Waals surface area (Å²) in [6, 6.07) is 17.0. The van der Waals surface area contributed by atoms with Crippen LogP contribution in [0.4, 0.5) is 0 Å². The summed E-state index contributed by atoms with van der Waals surface area (Å²) >= 11 is 13.8. The van der Waals surface area contributed by atoms with Crippen molar-refractivity contribution in [2.45, 2.75) is 16.7 Å². The molecule has 0 fully saturated rings. The van der Waals surface area contributed by atoms with Crippen LogP contribution in [0.25, 0.3) is 0 Å². The SMILES string of the molecule is Cc1ncc(Sc2cc(Cl)ccc2Cl)cc1Oc1ccccc1. The van der Waals surface area contributed by atoms with Crippen LogP contribution in [-0.4, -0.2) is 4.98 Å². The topological polar surface area (TPSA) is 22.1 Å². The molecule has 5 heteroatoms. The first kappa shape index (κ1) is 16.2. The van der Waals surface area contributed by atoms with Crippen molar-refractivity contribution in [2.24, 2.45) is 0 Å². The molecule has 3 aromatic rings. The first-order chi connectivity index (χ1) is 11.1. The lowest BCUT2D eigenvalue weighted by molar-refractivity contribution is 0.474. The number of para-hydroxylation sites is 1. The number of pyridine rings is 1. The molecule has 2 aromatic carbocycles. The second-order valence-electron chi connectivity index (χ2n) is 4.85. The molecule has 0 saturated heterocycles. The van der Waals surface area contributed by atoms with E-state index >= 15 is 0 Å². The van der Waals surface area contributed by atoms with Crippen molar-refractivity contribution in [1.82, 2.24) is 4.98 Å². The molecular formula is C18H13Cl2NOS. The highest BCUT2D eigenvalue weighted by Gasteiger charge is 2.08. The molecule has 116 valence electrons. The van der Waals surface area contributed by atoms with Crippen LogP contribution in [0, 0.1) is 6.92 Å². The van der Waals surface area contributed by atoms with Crippen LogP contribution in [0.5, 0.6) is 11.5 Å². The minimum absolute atomic E-state index is 0.651. The number of hydrogen-bond donors (Lipinski definition) is 0. The molecule has 0 N–H and O–H groups in total. The summed E-state index contributed by atoms with van der Waals surface area (Å²) in [4.78, 5) is 6.22. The van der Waals surface area contributed by atoms with Gasteiger partial charge in [-0.25, -0.2) is 0 Å². The lowest BCUT2D eigenvalue weighted by atomic mass is 10.3. The number of ether oxygens (including phenoxy) is 1. The first-order valence-electron chi connectivity index (χ1n) is 6.94. The lowest BCUT2D eigenvalue weighted by Gasteiger charge is -2.10. The third-order valence-electron chi connectivity index (χ3n) is 3.11. The normalized spacial score (nSPS) is 10.6. The highest BCUT2D eigenvalue weighted by molar-refractivity contribution is 7.99. The highest BCUT2D eigenvalue weighted by Crippen LogP contribution is 2.37. The van der Waals surface area contributed by atoms with E-state index < -0.39 is 0 Å². The van der Waals surface area contributed by atoms with Crippen molar-refractivity contribution in [3.05, 3.63) is 76.5 Å². The number of hydrogen-bond acceptors (Lipinski definition) is 3. The predicted molar refractivity (Wildman–Crippen MR) is 96.1 cm³/mol. The van der Waals surface area contributed by atoms with Crippen molar-refractivity contribution in [3.63, 3.8) is 0 Å². The molecule has 0 aliphatic rings. The molecule has 1 aromatic heterocycles. The first-order valence-corrected chi connectivity index (χ1v) is 8.51. The van der Waals surface area contributed by atoms with Gasteiger partial charge >= 0.3 is 0 Å². The zero-order chi connectivity index (χ0) is 16.2. The molecule has 23 heavy (non-hydrogen) atoms. The Bertz CT molecular complexity index is 825. The molecule has 0 aliphatic heterocycles. The van der Waals surface area contributed by atoms with Crippen molar-refractivity contribution in [1.29, 1.82) is 0 Å². The van der Waals surface area contributed by atoms with Crippen LogP contribution in [0.2, 0.25) is 10.0 Å². The van der Waals surface area contributed by atoms with Gasteiger partial charge in [0.05, 0.1) is 10.7 Å². The summed E-state index contributed by atoms with van der Waals surface area (Å²) in [7, 11) is 0. The molecule has 0 saturated carbocycles. The third kappa shape index (κ3) is 4.20. The summed E-state index contributed by atoms with van der Waals surface area (Å²) in [5, 5.41) is 1.31. The second kappa shape index (κ2) is 7.26. The van der Waals surface area contributed by atoms with Crippen molar-refractivity contribution in [2.75, 3.05) is 0 Å². The van der Waals surface area contributed by atoms with Gasteiger partial charge in [-0.3, -0.25) is 4.98 Å². The van der Waals surface area contributed by atoms with Crippen LogP contribution in [0.15, 0.2) is 70.6 Å². The van der Waals surface area contributed by atoms with E-state index in [0.717, 1.165) is 27.0 Å². The van der Waals surface area contributed by atoms with Gasteiger partial charge in [0.25, 0.3) is 0 Å². The van der Waals surface area contributed by atoms with Crippen LogP contribution in [0.3, 0.4) is 0 Å². The molecule has 0 unspecified atom stereocenters. The zero-order valence-corrected chi connectivity index (χ0v) is 14.6. The number of halogens is 2. The maximum absolute atomic E-state index is 6.22. The summed E-state index contributed by atoms with van der Waals surface area (Å²) in [5.41, 5.74) is 0.829. The molecule has 0 radical (unpaired) electrons. The zero-order valence-electron chi connectivity index (χ0n) is 12.3. The van der Waals surface area contributed by atoms with Gasteiger partial charge < -0.3 is 4.74 Å². The molecule has 2 nitrogen and oxygen atoms in total. The van der Waals surface area contributed by atoms with Crippen molar-refractivity contribution in [3.8, 4) is 11.5 Å². The number of aryl methyl sites for hydroxylation is 1. The Morgan fingerprint density at radius 1 is 1.00 bits per heavy atom. The standard InChI is InChI=1S/C18H13Cl2NOS/c1-12-17(22-14-5-3-2-4-6-14)10-15(11-21-12)23-18-9-13(19)7-8-16(18)20/h2-11H,1H3. The number of benzene rings is 2. The maximum atomic E-state index is 6.22. The largest absolute Gasteiger partial charge is 0.455 e. The molecule has 0 aliphatic carbocycles. The number of nitrogens with zero attached hydrogens (tertiary/aromatic N) is 1. The van der Waals surface area contributed by atoms with E-state index in [0.29, 0.717) is 10.0 Å². The Labute approximate surface area is 149 Å². The van der Waals surface area contributed by atoms with E-state index in [1.807, 2.05) is 49.4 Å². The minimum Gasteiger partial charge on any atom is -0.455 e. The van der Waals surface area contributed by atoms with E-state index in [1.54, 1.807) is 18.3 Å². The van der Waals surface area contributed by atoms with Crippen molar-refractivity contribution >= 4 is 35.0 Å². The van der Waals surface area contributed by atoms with E-state index in [2.05, 4.69) is 4.98 Å². The van der Waals surface area contributed by atoms with Gasteiger partial charge in [-0.1, -0.05) is 53.2 Å². The van der Waals surface area contributed by atoms with Crippen LogP contribution in [-0.2, 0) is 0 Å². The molecular weight excluding hydrogens is 349 g/mol. The predicted octanol–water partition coefficient (Wildman–Crippen LogP) is 6.64. The van der Waals surface area contributed by atoms with Crippen LogP contribution in [0.1, 0.15) is 5.69 Å². The smallest absolute Gasteiger partial charge is 0.149 e. The van der Waals surface area contributed by atoms with Gasteiger partial charge in [0.1, 0.15) is 11.5 Å². The van der Waals surface area contributed by atoms with Crippen LogP contribution < -0.4 is 4.74 Å². The number of aromatic nitrogens is 1. The lowest BCUT2D eigenvalue weighted by Crippen LogP contribution is -1.91. The van der Waals surface area contributed by atoms with Gasteiger partial charge in [-0.05, 0) is 43.3 Å². The fraction of sp³-hybridized carbons (Fsp3) is 0.0556. The molecule has 1 heterocycles. The van der Waals surface area contributed by atoms with E-state index in [1.165, 1.54) is 11.8 Å². The van der Waals surface area contributed by atoms with Crippen molar-refractivity contribution < 1.29 is 4.74 Å². The maximum Gasteiger partial charge on any atom is 0.149 e. The Kier molecular flexibility index (Phi) is 5.11. The third-order valence-corrected chi connectivity index (χ3v) is 4.80. The highest BCUT2D eigenvalue weighted by atomic mass is 35.5. The Morgan fingerprint density at radius 3 is 2.57 bits per heavy atom. The fourth-order valence-electron chi connectivity index (χ4n) is 1.95. The second-order valence-corrected chi connectivity index (χ2v) is 6.81. The quantitative estimate of drug-likeness (QED) is 0.519. The Morgan fingerprint density at radius 2 is 1.78 bits per heavy atom.